The van der Waals surface area contributed by atoms with E-state index in [0.717, 1.165) is 11.1 Å². The summed E-state index contributed by atoms with van der Waals surface area (Å²) in [6, 6.07) is 3.65. The average Bonchev–Trinajstić information content (AvgIpc) is 2.87. The molecule has 0 unspecified atom stereocenters. The Balaban J connectivity index is 2.12. The minimum atomic E-state index is -0.0191. The highest BCUT2D eigenvalue weighted by molar-refractivity contribution is 9.11. The number of hydrogen-bond acceptors (Lipinski definition) is 7. The van der Waals surface area contributed by atoms with E-state index in [4.69, 9.17) is 28.4 Å². The van der Waals surface area contributed by atoms with Gasteiger partial charge in [0.1, 0.15) is 0 Å². The molecule has 0 aromatic heterocycles. The first-order chi connectivity index (χ1) is 17.2. The molecule has 0 atom stereocenters. The number of hydrogen-bond donors (Lipinski definition) is 0. The van der Waals surface area contributed by atoms with E-state index in [1.807, 2.05) is 24.3 Å². The molecule has 0 aliphatic heterocycles. The van der Waals surface area contributed by atoms with Crippen molar-refractivity contribution in [1.82, 2.24) is 0 Å². The predicted octanol–water partition coefficient (Wildman–Crippen LogP) is 6.73. The molecule has 0 saturated heterocycles. The third kappa shape index (κ3) is 5.37. The summed E-state index contributed by atoms with van der Waals surface area (Å²) in [7, 11) is 9.34. The highest BCUT2D eigenvalue weighted by Crippen LogP contribution is 2.47. The number of carbonyl (C=O) groups excluding carboxylic acids is 1. The van der Waals surface area contributed by atoms with Crippen LogP contribution in [0.1, 0.15) is 30.9 Å². The highest BCUT2D eigenvalue weighted by Gasteiger charge is 2.28. The van der Waals surface area contributed by atoms with E-state index in [-0.39, 0.29) is 11.7 Å². The van der Waals surface area contributed by atoms with Crippen molar-refractivity contribution < 1.29 is 33.2 Å². The summed E-state index contributed by atoms with van der Waals surface area (Å²) in [5.74, 6) is 3.22. The Bertz CT molecular complexity index is 1130. The quantitative estimate of drug-likeness (QED) is 0.301. The first kappa shape index (κ1) is 27.9. The van der Waals surface area contributed by atoms with Crippen molar-refractivity contribution in [3.8, 4) is 34.5 Å². The number of carbonyl (C=O) groups is 1. The second kappa shape index (κ2) is 12.1. The number of Topliss-reactive ketones (excluding diaryl/α,β-unsaturated/α-hetero) is 1. The van der Waals surface area contributed by atoms with Gasteiger partial charge >= 0.3 is 0 Å². The molecule has 0 bridgehead atoms. The molecule has 0 heterocycles. The number of allylic oxidation sites excluding steroid dienone is 2. The Kier molecular flexibility index (Phi) is 9.35. The van der Waals surface area contributed by atoms with Crippen LogP contribution in [-0.2, 0) is 4.79 Å². The summed E-state index contributed by atoms with van der Waals surface area (Å²) in [6.07, 6.45) is 5.06. The molecule has 36 heavy (non-hydrogen) atoms. The lowest BCUT2D eigenvalue weighted by atomic mass is 9.80. The van der Waals surface area contributed by atoms with E-state index in [1.165, 1.54) is 0 Å². The maximum absolute atomic E-state index is 13.6. The van der Waals surface area contributed by atoms with Gasteiger partial charge in [-0.3, -0.25) is 4.79 Å². The number of halogens is 2. The van der Waals surface area contributed by atoms with Crippen LogP contribution in [0.15, 0.2) is 32.2 Å². The van der Waals surface area contributed by atoms with Crippen molar-refractivity contribution in [3.63, 3.8) is 0 Å². The zero-order valence-electron chi connectivity index (χ0n) is 21.4. The van der Waals surface area contributed by atoms with Gasteiger partial charge in [0.25, 0.3) is 0 Å². The second-order valence-corrected chi connectivity index (χ2v) is 9.86. The van der Waals surface area contributed by atoms with Crippen LogP contribution in [0, 0.1) is 5.92 Å². The maximum Gasteiger partial charge on any atom is 0.204 e. The molecule has 1 fully saturated rings. The average molecular weight is 626 g/mol. The first-order valence-electron chi connectivity index (χ1n) is 11.2. The van der Waals surface area contributed by atoms with E-state index in [0.29, 0.717) is 67.4 Å². The van der Waals surface area contributed by atoms with Crippen molar-refractivity contribution in [2.75, 3.05) is 42.7 Å². The lowest BCUT2D eigenvalue weighted by molar-refractivity contribution is -0.113. The maximum atomic E-state index is 13.6. The lowest BCUT2D eigenvalue weighted by Crippen LogP contribution is -2.18. The van der Waals surface area contributed by atoms with Crippen molar-refractivity contribution in [2.24, 2.45) is 5.92 Å². The second-order valence-electron chi connectivity index (χ2n) is 8.28. The lowest BCUT2D eigenvalue weighted by Gasteiger charge is -2.24. The molecule has 1 saturated carbocycles. The van der Waals surface area contributed by atoms with Gasteiger partial charge in [0.2, 0.25) is 11.5 Å². The van der Waals surface area contributed by atoms with Gasteiger partial charge < -0.3 is 28.4 Å². The number of methoxy groups -OCH3 is 6. The van der Waals surface area contributed by atoms with Crippen molar-refractivity contribution >= 4 is 49.8 Å². The van der Waals surface area contributed by atoms with Crippen molar-refractivity contribution in [1.29, 1.82) is 0 Å². The van der Waals surface area contributed by atoms with Gasteiger partial charge in [0.05, 0.1) is 51.6 Å². The molecule has 1 aliphatic carbocycles. The largest absolute Gasteiger partial charge is 0.493 e. The summed E-state index contributed by atoms with van der Waals surface area (Å²) < 4.78 is 34.4. The van der Waals surface area contributed by atoms with Crippen LogP contribution < -0.4 is 28.4 Å². The number of ketones is 1. The predicted molar refractivity (Wildman–Crippen MR) is 147 cm³/mol. The fourth-order valence-electron chi connectivity index (χ4n) is 4.33. The van der Waals surface area contributed by atoms with E-state index in [9.17, 15) is 4.79 Å². The minimum absolute atomic E-state index is 0.0191. The Labute approximate surface area is 228 Å². The number of benzene rings is 2. The normalized spacial score (nSPS) is 17.8. The molecule has 7 nitrogen and oxygen atoms in total. The topological polar surface area (TPSA) is 72.5 Å². The van der Waals surface area contributed by atoms with E-state index < -0.39 is 0 Å². The van der Waals surface area contributed by atoms with E-state index >= 15 is 0 Å². The zero-order valence-corrected chi connectivity index (χ0v) is 24.6. The SMILES string of the molecule is COc1cc(C=C2CC(C)CC(=Cc3cc(OC)c(OC)c(OC)c3Br)C2=O)c(Br)c(OC)c1OC. The van der Waals surface area contributed by atoms with Crippen molar-refractivity contribution in [2.45, 2.75) is 19.8 Å². The third-order valence-corrected chi connectivity index (χ3v) is 7.61. The fourth-order valence-corrected chi connectivity index (χ4v) is 5.47. The standard InChI is InChI=1S/C27H30Br2O7/c1-14-8-17(10-15-12-19(31-2)24(33-4)26(35-6)21(15)28)23(30)18(9-14)11-16-13-20(32-3)25(34-5)27(36-7)22(16)29/h10-14H,8-9H2,1-7H3. The number of rotatable bonds is 8. The molecule has 3 rings (SSSR count). The highest BCUT2D eigenvalue weighted by atomic mass is 79.9. The molecule has 0 radical (unpaired) electrons. The van der Waals surface area contributed by atoms with Crippen molar-refractivity contribution in [3.05, 3.63) is 43.4 Å². The van der Waals surface area contributed by atoms with Gasteiger partial charge in [-0.2, -0.15) is 0 Å². The Morgan fingerprint density at radius 1 is 0.667 bits per heavy atom. The van der Waals surface area contributed by atoms with Gasteiger partial charge in [0, 0.05) is 11.1 Å². The molecule has 2 aromatic rings. The van der Waals surface area contributed by atoms with Crippen LogP contribution in [-0.4, -0.2) is 48.4 Å². The first-order valence-corrected chi connectivity index (χ1v) is 12.8. The van der Waals surface area contributed by atoms with Crippen LogP contribution in [0.5, 0.6) is 34.5 Å². The monoisotopic (exact) mass is 624 g/mol. The Hall–Kier alpha value is -2.65. The van der Waals surface area contributed by atoms with Crippen LogP contribution in [0.4, 0.5) is 0 Å². The third-order valence-electron chi connectivity index (χ3n) is 5.97. The fraction of sp³-hybridized carbons (Fsp3) is 0.370. The van der Waals surface area contributed by atoms with Crippen LogP contribution in [0.3, 0.4) is 0 Å². The molecule has 0 N–H and O–H groups in total. The van der Waals surface area contributed by atoms with Crippen LogP contribution in [0.2, 0.25) is 0 Å². The summed E-state index contributed by atoms with van der Waals surface area (Å²) in [4.78, 5) is 13.6. The zero-order chi connectivity index (χ0) is 26.6. The van der Waals surface area contributed by atoms with Gasteiger partial charge in [-0.05, 0) is 86.0 Å². The van der Waals surface area contributed by atoms with Crippen LogP contribution in [0.25, 0.3) is 12.2 Å². The van der Waals surface area contributed by atoms with Gasteiger partial charge in [-0.1, -0.05) is 6.92 Å². The summed E-state index contributed by atoms with van der Waals surface area (Å²) >= 11 is 7.21. The Morgan fingerprint density at radius 3 is 1.33 bits per heavy atom. The summed E-state index contributed by atoms with van der Waals surface area (Å²) in [6.45, 7) is 2.13. The molecule has 2 aromatic carbocycles. The smallest absolute Gasteiger partial charge is 0.204 e. The molecule has 0 amide bonds. The molecule has 0 spiro atoms. The molecule has 194 valence electrons. The molecular formula is C27H30Br2O7. The van der Waals surface area contributed by atoms with Gasteiger partial charge in [-0.15, -0.1) is 0 Å². The van der Waals surface area contributed by atoms with Gasteiger partial charge in [0.15, 0.2) is 28.8 Å². The summed E-state index contributed by atoms with van der Waals surface area (Å²) in [5.41, 5.74) is 2.91. The Morgan fingerprint density at radius 2 is 1.03 bits per heavy atom. The van der Waals surface area contributed by atoms with Gasteiger partial charge in [-0.25, -0.2) is 0 Å². The number of ether oxygens (including phenoxy) is 6. The van der Waals surface area contributed by atoms with E-state index in [2.05, 4.69) is 38.8 Å². The minimum Gasteiger partial charge on any atom is -0.493 e. The van der Waals surface area contributed by atoms with E-state index in [1.54, 1.807) is 42.7 Å². The molecule has 9 heteroatoms. The molecule has 1 aliphatic rings. The van der Waals surface area contributed by atoms with Crippen LogP contribution >= 0.6 is 31.9 Å². The molecular weight excluding hydrogens is 596 g/mol. The summed E-state index contributed by atoms with van der Waals surface area (Å²) in [5, 5.41) is 0.